The largest absolute Gasteiger partial charge is 0.465 e. The average molecular weight is 316 g/mol. The van der Waals surface area contributed by atoms with Gasteiger partial charge in [0.25, 0.3) is 0 Å². The third kappa shape index (κ3) is 13.1. The lowest BCUT2D eigenvalue weighted by Crippen LogP contribution is -2.17. The molecule has 0 aromatic rings. The zero-order valence-electron chi connectivity index (χ0n) is 13.7. The van der Waals surface area contributed by atoms with Gasteiger partial charge in [0, 0.05) is 6.42 Å². The van der Waals surface area contributed by atoms with Crippen LogP contribution in [0.5, 0.6) is 0 Å². The van der Waals surface area contributed by atoms with Crippen LogP contribution in [-0.4, -0.2) is 35.5 Å². The second-order valence-electron chi connectivity index (χ2n) is 4.70. The van der Waals surface area contributed by atoms with E-state index in [1.807, 2.05) is 13.8 Å². The van der Waals surface area contributed by atoms with Crippen LogP contribution in [-0.2, 0) is 9.53 Å². The number of rotatable bonds is 8. The number of ether oxygens (including phenoxy) is 1. The first-order valence-corrected chi connectivity index (χ1v) is 7.56. The van der Waals surface area contributed by atoms with Crippen LogP contribution in [0.4, 0.5) is 0 Å². The van der Waals surface area contributed by atoms with Crippen molar-refractivity contribution in [3.05, 3.63) is 36.5 Å². The van der Waals surface area contributed by atoms with Crippen LogP contribution in [0, 0.1) is 29.6 Å². The van der Waals surface area contributed by atoms with Crippen LogP contribution in [0.25, 0.3) is 0 Å². The molecule has 124 valence electrons. The number of allylic oxidation sites excluding steroid dienone is 4. The maximum Gasteiger partial charge on any atom is 0.308 e. The molecule has 0 bridgehead atoms. The molecule has 0 spiro atoms. The molecule has 4 heteroatoms. The van der Waals surface area contributed by atoms with Gasteiger partial charge in [-0.2, -0.15) is 0 Å². The van der Waals surface area contributed by atoms with E-state index in [2.05, 4.69) is 23.7 Å². The van der Waals surface area contributed by atoms with Gasteiger partial charge >= 0.3 is 5.97 Å². The first-order valence-electron chi connectivity index (χ1n) is 7.56. The Labute approximate surface area is 138 Å². The van der Waals surface area contributed by atoms with Crippen LogP contribution in [0.1, 0.15) is 26.7 Å². The van der Waals surface area contributed by atoms with Crippen LogP contribution < -0.4 is 0 Å². The van der Waals surface area contributed by atoms with Crippen LogP contribution in [0.2, 0.25) is 0 Å². The molecule has 0 fully saturated rings. The molecule has 0 amide bonds. The van der Waals surface area contributed by atoms with E-state index in [0.717, 1.165) is 6.42 Å². The number of hydrogen-bond acceptors (Lipinski definition) is 4. The summed E-state index contributed by atoms with van der Waals surface area (Å²) in [6, 6.07) is 0. The second kappa shape index (κ2) is 14.7. The summed E-state index contributed by atoms with van der Waals surface area (Å²) in [5, 5.41) is 18.2. The van der Waals surface area contributed by atoms with Crippen molar-refractivity contribution >= 4 is 5.97 Å². The predicted octanol–water partition coefficient (Wildman–Crippen LogP) is 1.99. The van der Waals surface area contributed by atoms with Crippen LogP contribution in [0.3, 0.4) is 0 Å². The highest BCUT2D eigenvalue weighted by Gasteiger charge is 2.11. The van der Waals surface area contributed by atoms with Gasteiger partial charge in [-0.1, -0.05) is 50.0 Å². The van der Waals surface area contributed by atoms with Gasteiger partial charge in [0.1, 0.15) is 0 Å². The van der Waals surface area contributed by atoms with Crippen molar-refractivity contribution < 1.29 is 19.7 Å². The Kier molecular flexibility index (Phi) is 13.2. The Balaban J connectivity index is 3.96. The van der Waals surface area contributed by atoms with Gasteiger partial charge < -0.3 is 14.9 Å². The van der Waals surface area contributed by atoms with Gasteiger partial charge in [-0.3, -0.25) is 4.79 Å². The molecule has 0 saturated carbocycles. The summed E-state index contributed by atoms with van der Waals surface area (Å²) in [6.07, 6.45) is 10.1. The Hall–Kier alpha value is -2.27. The van der Waals surface area contributed by atoms with Crippen molar-refractivity contribution in [2.24, 2.45) is 5.92 Å². The maximum absolute atomic E-state index is 11.4. The molecular weight excluding hydrogens is 292 g/mol. The van der Waals surface area contributed by atoms with Gasteiger partial charge in [-0.15, -0.1) is 0 Å². The van der Waals surface area contributed by atoms with E-state index in [1.165, 1.54) is 12.2 Å². The van der Waals surface area contributed by atoms with Crippen molar-refractivity contribution in [1.82, 2.24) is 0 Å². The Morgan fingerprint density at radius 1 is 1.22 bits per heavy atom. The molecule has 0 aromatic carbocycles. The molecule has 0 aromatic heterocycles. The normalized spacial score (nSPS) is 13.4. The van der Waals surface area contributed by atoms with Gasteiger partial charge in [-0.25, -0.2) is 0 Å². The fourth-order valence-electron chi connectivity index (χ4n) is 1.25. The van der Waals surface area contributed by atoms with E-state index in [4.69, 9.17) is 9.84 Å². The Morgan fingerprint density at radius 2 is 1.91 bits per heavy atom. The lowest BCUT2D eigenvalue weighted by molar-refractivity contribution is -0.148. The first kappa shape index (κ1) is 20.7. The quantitative estimate of drug-likeness (QED) is 0.408. The molecule has 0 aliphatic rings. The fraction of sp³-hybridized carbons (Fsp3) is 0.421. The summed E-state index contributed by atoms with van der Waals surface area (Å²) in [7, 11) is 0. The standard InChI is InChI=1S/C19H24O4/c1-3-17(2)19(22)23-16-14-18(21)13-11-9-7-5-4-6-8-10-12-15-20/h7,9-13,17-18,20-21H,3,14-16H2,1-2H3/b9-7+,12-10+,13-11+. The monoisotopic (exact) mass is 316 g/mol. The molecule has 23 heavy (non-hydrogen) atoms. The van der Waals surface area contributed by atoms with Crippen LogP contribution in [0.15, 0.2) is 36.5 Å². The molecule has 4 nitrogen and oxygen atoms in total. The summed E-state index contributed by atoms with van der Waals surface area (Å²) in [5.41, 5.74) is 0. The zero-order chi connectivity index (χ0) is 17.3. The van der Waals surface area contributed by atoms with Crippen molar-refractivity contribution in [2.75, 3.05) is 13.2 Å². The topological polar surface area (TPSA) is 66.8 Å². The van der Waals surface area contributed by atoms with E-state index >= 15 is 0 Å². The Morgan fingerprint density at radius 3 is 2.57 bits per heavy atom. The molecule has 2 atom stereocenters. The Bertz CT molecular complexity index is 535. The fourth-order valence-corrected chi connectivity index (χ4v) is 1.25. The molecule has 0 heterocycles. The number of esters is 1. The van der Waals surface area contributed by atoms with E-state index in [0.29, 0.717) is 6.42 Å². The van der Waals surface area contributed by atoms with Crippen molar-refractivity contribution in [3.8, 4) is 23.7 Å². The third-order valence-corrected chi connectivity index (χ3v) is 2.81. The molecule has 0 saturated heterocycles. The highest BCUT2D eigenvalue weighted by molar-refractivity contribution is 5.71. The lowest BCUT2D eigenvalue weighted by Gasteiger charge is -2.10. The summed E-state index contributed by atoms with van der Waals surface area (Å²) in [4.78, 5) is 11.4. The average Bonchev–Trinajstić information content (AvgIpc) is 2.55. The molecular formula is C19H24O4. The van der Waals surface area contributed by atoms with Crippen molar-refractivity contribution in [3.63, 3.8) is 0 Å². The molecule has 0 radical (unpaired) electrons. The highest BCUT2D eigenvalue weighted by Crippen LogP contribution is 2.04. The highest BCUT2D eigenvalue weighted by atomic mass is 16.5. The zero-order valence-corrected chi connectivity index (χ0v) is 13.7. The summed E-state index contributed by atoms with van der Waals surface area (Å²) < 4.78 is 5.06. The minimum atomic E-state index is -0.666. The number of aliphatic hydroxyl groups is 2. The third-order valence-electron chi connectivity index (χ3n) is 2.81. The molecule has 0 aliphatic carbocycles. The van der Waals surface area contributed by atoms with E-state index in [1.54, 1.807) is 24.3 Å². The first-order chi connectivity index (χ1) is 11.1. The minimum absolute atomic E-state index is 0.0358. The van der Waals surface area contributed by atoms with Gasteiger partial charge in [-0.05, 0) is 30.4 Å². The summed E-state index contributed by atoms with van der Waals surface area (Å²) >= 11 is 0. The smallest absolute Gasteiger partial charge is 0.308 e. The molecule has 0 aliphatic heterocycles. The van der Waals surface area contributed by atoms with E-state index in [9.17, 15) is 9.90 Å². The van der Waals surface area contributed by atoms with E-state index in [-0.39, 0.29) is 25.1 Å². The van der Waals surface area contributed by atoms with Gasteiger partial charge in [0.2, 0.25) is 0 Å². The summed E-state index contributed by atoms with van der Waals surface area (Å²) in [6.45, 7) is 3.91. The predicted molar refractivity (Wildman–Crippen MR) is 91.1 cm³/mol. The molecule has 0 rings (SSSR count). The van der Waals surface area contributed by atoms with Crippen molar-refractivity contribution in [1.29, 1.82) is 0 Å². The maximum atomic E-state index is 11.4. The summed E-state index contributed by atoms with van der Waals surface area (Å²) in [5.74, 6) is 10.2. The minimum Gasteiger partial charge on any atom is -0.465 e. The van der Waals surface area contributed by atoms with Crippen LogP contribution >= 0.6 is 0 Å². The number of hydrogen-bond donors (Lipinski definition) is 2. The number of aliphatic hydroxyl groups excluding tert-OH is 2. The second-order valence-corrected chi connectivity index (χ2v) is 4.70. The van der Waals surface area contributed by atoms with Gasteiger partial charge in [0.15, 0.2) is 0 Å². The van der Waals surface area contributed by atoms with Crippen molar-refractivity contribution in [2.45, 2.75) is 32.8 Å². The SMILES string of the molecule is CCC(C)C(=O)OCCC(O)/C=C/C=C/C#CC#C/C=C/CO. The number of carbonyl (C=O) groups excluding carboxylic acids is 1. The molecule has 2 unspecified atom stereocenters. The number of carbonyl (C=O) groups is 1. The molecule has 2 N–H and O–H groups in total. The van der Waals surface area contributed by atoms with E-state index < -0.39 is 6.10 Å². The lowest BCUT2D eigenvalue weighted by atomic mass is 10.1. The van der Waals surface area contributed by atoms with Gasteiger partial charge in [0.05, 0.1) is 25.2 Å².